The number of pyridine rings is 1. The van der Waals surface area contributed by atoms with Crippen molar-refractivity contribution in [1.29, 1.82) is 0 Å². The molecule has 0 saturated carbocycles. The molecule has 0 spiro atoms. The summed E-state index contributed by atoms with van der Waals surface area (Å²) in [5, 5.41) is 4.78. The van der Waals surface area contributed by atoms with Crippen LogP contribution in [0.15, 0.2) is 72.9 Å². The Morgan fingerprint density at radius 3 is 2.44 bits per heavy atom. The molecule has 0 radical (unpaired) electrons. The van der Waals surface area contributed by atoms with E-state index in [0.717, 1.165) is 39.9 Å². The van der Waals surface area contributed by atoms with E-state index in [-0.39, 0.29) is 5.41 Å². The second-order valence-corrected chi connectivity index (χ2v) is 10.8. The van der Waals surface area contributed by atoms with Gasteiger partial charge in [0, 0.05) is 17.3 Å². The third-order valence-corrected chi connectivity index (χ3v) is 6.81. The van der Waals surface area contributed by atoms with Gasteiger partial charge in [-0.15, -0.1) is 0 Å². The number of hydrogen-bond donors (Lipinski definition) is 0. The lowest BCUT2D eigenvalue weighted by atomic mass is 9.83. The molecular weight excluding hydrogens is 414 g/mol. The van der Waals surface area contributed by atoms with Crippen LogP contribution in [-0.2, 0) is 6.42 Å². The Morgan fingerprint density at radius 2 is 1.65 bits per heavy atom. The van der Waals surface area contributed by atoms with Gasteiger partial charge in [-0.25, -0.2) is 0 Å². The van der Waals surface area contributed by atoms with Gasteiger partial charge in [0.05, 0.1) is 11.1 Å². The van der Waals surface area contributed by atoms with Gasteiger partial charge < -0.3 is 4.74 Å². The fraction of sp³-hybridized carbons (Fsp3) is 0.219. The second-order valence-electron chi connectivity index (χ2n) is 10.8. The van der Waals surface area contributed by atoms with E-state index >= 15 is 0 Å². The summed E-state index contributed by atoms with van der Waals surface area (Å²) in [4.78, 5) is 4.88. The van der Waals surface area contributed by atoms with E-state index in [9.17, 15) is 0 Å². The molecule has 0 N–H and O–H groups in total. The zero-order valence-corrected chi connectivity index (χ0v) is 20.5. The molecule has 0 fully saturated rings. The van der Waals surface area contributed by atoms with Gasteiger partial charge in [-0.2, -0.15) is 0 Å². The van der Waals surface area contributed by atoms with E-state index in [4.69, 9.17) is 9.72 Å². The Morgan fingerprint density at radius 1 is 0.824 bits per heavy atom. The zero-order valence-electron chi connectivity index (χ0n) is 20.5. The smallest absolute Gasteiger partial charge is 0.140 e. The van der Waals surface area contributed by atoms with Crippen molar-refractivity contribution in [2.24, 2.45) is 5.41 Å². The second kappa shape index (κ2) is 7.43. The van der Waals surface area contributed by atoms with Crippen LogP contribution < -0.4 is 4.74 Å². The first kappa shape index (κ1) is 20.9. The molecule has 0 aliphatic carbocycles. The fourth-order valence-electron chi connectivity index (χ4n) is 5.29. The number of ether oxygens (including phenoxy) is 1. The SMILES string of the molecule is Cc1ccc2cc3c(c(CC(C)(C)C)c2c1)Oc1cc(-c2ccccc2C)cc2ccnc-3c12. The first-order valence-electron chi connectivity index (χ1n) is 12.0. The lowest BCUT2D eigenvalue weighted by Gasteiger charge is -2.28. The highest BCUT2D eigenvalue weighted by atomic mass is 16.5. The predicted octanol–water partition coefficient (Wildman–Crippen LogP) is 9.03. The van der Waals surface area contributed by atoms with Crippen LogP contribution in [0.2, 0.25) is 0 Å². The summed E-state index contributed by atoms with van der Waals surface area (Å²) in [6, 6.07) is 24.1. The topological polar surface area (TPSA) is 22.1 Å². The van der Waals surface area contributed by atoms with Gasteiger partial charge in [0.25, 0.3) is 0 Å². The molecule has 0 bridgehead atoms. The molecule has 168 valence electrons. The highest BCUT2D eigenvalue weighted by molar-refractivity contribution is 6.07. The number of hydrogen-bond acceptors (Lipinski definition) is 2. The van der Waals surface area contributed by atoms with Gasteiger partial charge in [-0.1, -0.05) is 68.8 Å². The maximum Gasteiger partial charge on any atom is 0.140 e. The maximum absolute atomic E-state index is 6.84. The summed E-state index contributed by atoms with van der Waals surface area (Å²) in [6.45, 7) is 11.2. The Kier molecular flexibility index (Phi) is 4.57. The van der Waals surface area contributed by atoms with Crippen LogP contribution in [-0.4, -0.2) is 4.98 Å². The monoisotopic (exact) mass is 443 g/mol. The molecule has 2 heteroatoms. The number of aromatic nitrogens is 1. The fourth-order valence-corrected chi connectivity index (χ4v) is 5.29. The molecule has 6 rings (SSSR count). The molecule has 4 aromatic carbocycles. The van der Waals surface area contributed by atoms with E-state index in [1.54, 1.807) is 0 Å². The normalized spacial score (nSPS) is 12.6. The quantitative estimate of drug-likeness (QED) is 0.266. The summed E-state index contributed by atoms with van der Waals surface area (Å²) >= 11 is 0. The van der Waals surface area contributed by atoms with Crippen LogP contribution in [0.4, 0.5) is 0 Å². The third kappa shape index (κ3) is 3.37. The van der Waals surface area contributed by atoms with Crippen LogP contribution in [0.1, 0.15) is 37.5 Å². The lowest BCUT2D eigenvalue weighted by molar-refractivity contribution is 0.400. The van der Waals surface area contributed by atoms with Crippen molar-refractivity contribution in [2.75, 3.05) is 0 Å². The summed E-state index contributed by atoms with van der Waals surface area (Å²) in [6.07, 6.45) is 2.86. The van der Waals surface area contributed by atoms with E-state index < -0.39 is 0 Å². The summed E-state index contributed by atoms with van der Waals surface area (Å²) in [7, 11) is 0. The highest BCUT2D eigenvalue weighted by Gasteiger charge is 2.28. The largest absolute Gasteiger partial charge is 0.456 e. The molecule has 2 heterocycles. The molecule has 0 unspecified atom stereocenters. The summed E-state index contributed by atoms with van der Waals surface area (Å²) in [5.74, 6) is 1.86. The number of aryl methyl sites for hydroxylation is 2. The Balaban J connectivity index is 1.67. The molecular formula is C32H29NO. The minimum Gasteiger partial charge on any atom is -0.456 e. The van der Waals surface area contributed by atoms with Crippen molar-refractivity contribution in [3.05, 3.63) is 89.6 Å². The molecule has 1 aliphatic rings. The molecule has 0 amide bonds. The van der Waals surface area contributed by atoms with Gasteiger partial charge in [0.2, 0.25) is 0 Å². The van der Waals surface area contributed by atoms with Gasteiger partial charge in [0.15, 0.2) is 0 Å². The van der Waals surface area contributed by atoms with E-state index in [0.29, 0.717) is 0 Å². The molecule has 1 aliphatic heterocycles. The highest BCUT2D eigenvalue weighted by Crippen LogP contribution is 2.51. The first-order chi connectivity index (χ1) is 16.3. The van der Waals surface area contributed by atoms with Gasteiger partial charge in [-0.3, -0.25) is 4.98 Å². The number of nitrogens with zero attached hydrogens (tertiary/aromatic N) is 1. The van der Waals surface area contributed by atoms with E-state index in [1.165, 1.54) is 38.6 Å². The van der Waals surface area contributed by atoms with Crippen molar-refractivity contribution in [2.45, 2.75) is 41.0 Å². The number of fused-ring (bicyclic) bond motifs is 3. The van der Waals surface area contributed by atoms with Crippen molar-refractivity contribution >= 4 is 21.5 Å². The zero-order chi connectivity index (χ0) is 23.6. The van der Waals surface area contributed by atoms with E-state index in [2.05, 4.69) is 101 Å². The average molecular weight is 444 g/mol. The molecule has 34 heavy (non-hydrogen) atoms. The van der Waals surface area contributed by atoms with Crippen LogP contribution in [0.3, 0.4) is 0 Å². The molecule has 0 saturated heterocycles. The number of benzene rings is 4. The van der Waals surface area contributed by atoms with Crippen molar-refractivity contribution in [1.82, 2.24) is 4.98 Å². The number of rotatable bonds is 2. The van der Waals surface area contributed by atoms with Crippen molar-refractivity contribution < 1.29 is 4.74 Å². The standard InChI is InChI=1S/C32H29NO/c1-19-10-11-21-16-26-30-29-22(12-13-33-30)15-23(24-9-7-6-8-20(24)2)17-28(29)34-31(26)27(25(21)14-19)18-32(3,4)5/h6-17H,18H2,1-5H3. The van der Waals surface area contributed by atoms with E-state index in [1.807, 2.05) is 6.20 Å². The van der Waals surface area contributed by atoms with Gasteiger partial charge in [-0.05, 0) is 82.8 Å². The maximum atomic E-state index is 6.84. The van der Waals surface area contributed by atoms with Crippen molar-refractivity contribution in [3.8, 4) is 33.9 Å². The van der Waals surface area contributed by atoms with Gasteiger partial charge in [0.1, 0.15) is 11.5 Å². The molecule has 1 aromatic heterocycles. The predicted molar refractivity (Wildman–Crippen MR) is 143 cm³/mol. The van der Waals surface area contributed by atoms with Gasteiger partial charge >= 0.3 is 0 Å². The minimum absolute atomic E-state index is 0.123. The van der Waals surface area contributed by atoms with Crippen LogP contribution >= 0.6 is 0 Å². The lowest BCUT2D eigenvalue weighted by Crippen LogP contribution is -2.12. The van der Waals surface area contributed by atoms with Crippen LogP contribution in [0.5, 0.6) is 11.5 Å². The Hall–Kier alpha value is -3.65. The summed E-state index contributed by atoms with van der Waals surface area (Å²) < 4.78 is 6.84. The summed E-state index contributed by atoms with van der Waals surface area (Å²) in [5.41, 5.74) is 8.44. The Labute approximate surface area is 201 Å². The van der Waals surface area contributed by atoms with Crippen LogP contribution in [0, 0.1) is 19.3 Å². The first-order valence-corrected chi connectivity index (χ1v) is 12.0. The molecule has 5 aromatic rings. The third-order valence-electron chi connectivity index (χ3n) is 6.81. The molecule has 0 atom stereocenters. The average Bonchev–Trinajstić information content (AvgIpc) is 2.79. The Bertz CT molecular complexity index is 1600. The molecule has 2 nitrogen and oxygen atoms in total. The minimum atomic E-state index is 0.123. The van der Waals surface area contributed by atoms with Crippen molar-refractivity contribution in [3.63, 3.8) is 0 Å². The van der Waals surface area contributed by atoms with Crippen LogP contribution in [0.25, 0.3) is 43.9 Å².